The van der Waals surface area contributed by atoms with Gasteiger partial charge in [0, 0.05) is 23.9 Å². The number of methoxy groups -OCH3 is 1. The van der Waals surface area contributed by atoms with Crippen molar-refractivity contribution in [2.45, 2.75) is 12.5 Å². The molecule has 1 unspecified atom stereocenters. The van der Waals surface area contributed by atoms with Crippen molar-refractivity contribution in [2.75, 3.05) is 13.7 Å². The van der Waals surface area contributed by atoms with Gasteiger partial charge in [-0.05, 0) is 13.0 Å². The summed E-state index contributed by atoms with van der Waals surface area (Å²) in [5.74, 6) is 0. The lowest BCUT2D eigenvalue weighted by molar-refractivity contribution is 0.0132. The van der Waals surface area contributed by atoms with Crippen LogP contribution in [0.3, 0.4) is 0 Å². The van der Waals surface area contributed by atoms with Gasteiger partial charge in [0.05, 0.1) is 5.56 Å². The first kappa shape index (κ1) is 10.2. The lowest BCUT2D eigenvalue weighted by atomic mass is 10.0. The molecule has 0 radical (unpaired) electrons. The van der Waals surface area contributed by atoms with Crippen LogP contribution in [0.4, 0.5) is 0 Å². The lowest BCUT2D eigenvalue weighted by Crippen LogP contribution is -2.32. The molecule has 0 bridgehead atoms. The highest BCUT2D eigenvalue weighted by atomic mass is 32.1. The molecule has 0 amide bonds. The first-order valence-electron chi connectivity index (χ1n) is 3.90. The van der Waals surface area contributed by atoms with Crippen molar-refractivity contribution in [2.24, 2.45) is 5.73 Å². The number of hydrogen-bond acceptors (Lipinski definition) is 4. The Kier molecular flexibility index (Phi) is 3.04. The van der Waals surface area contributed by atoms with Crippen molar-refractivity contribution >= 4 is 11.3 Å². The molecule has 1 rings (SSSR count). The third kappa shape index (κ3) is 1.89. The van der Waals surface area contributed by atoms with Crippen molar-refractivity contribution in [1.29, 1.82) is 5.26 Å². The summed E-state index contributed by atoms with van der Waals surface area (Å²) in [6.07, 6.45) is 0. The Morgan fingerprint density at radius 1 is 1.77 bits per heavy atom. The summed E-state index contributed by atoms with van der Waals surface area (Å²) < 4.78 is 5.31. The van der Waals surface area contributed by atoms with Crippen LogP contribution >= 0.6 is 11.3 Å². The van der Waals surface area contributed by atoms with Gasteiger partial charge in [-0.3, -0.25) is 0 Å². The largest absolute Gasteiger partial charge is 0.372 e. The minimum atomic E-state index is -0.459. The van der Waals surface area contributed by atoms with Crippen LogP contribution in [0.15, 0.2) is 11.4 Å². The van der Waals surface area contributed by atoms with Crippen molar-refractivity contribution < 1.29 is 4.74 Å². The first-order valence-corrected chi connectivity index (χ1v) is 4.78. The summed E-state index contributed by atoms with van der Waals surface area (Å²) >= 11 is 1.50. The van der Waals surface area contributed by atoms with E-state index in [0.29, 0.717) is 12.1 Å². The molecule has 0 aliphatic carbocycles. The molecule has 0 aromatic carbocycles. The molecule has 0 aliphatic rings. The molecule has 1 aromatic rings. The third-order valence-electron chi connectivity index (χ3n) is 2.09. The molecular formula is C9H12N2OS. The van der Waals surface area contributed by atoms with Crippen molar-refractivity contribution in [3.8, 4) is 6.07 Å². The summed E-state index contributed by atoms with van der Waals surface area (Å²) in [5.41, 5.74) is 5.80. The quantitative estimate of drug-likeness (QED) is 0.795. The summed E-state index contributed by atoms with van der Waals surface area (Å²) in [7, 11) is 1.62. The molecule has 0 saturated carbocycles. The van der Waals surface area contributed by atoms with Crippen molar-refractivity contribution in [3.63, 3.8) is 0 Å². The van der Waals surface area contributed by atoms with E-state index >= 15 is 0 Å². The molecule has 0 aliphatic heterocycles. The van der Waals surface area contributed by atoms with Crippen LogP contribution in [0.5, 0.6) is 0 Å². The Morgan fingerprint density at radius 2 is 2.46 bits per heavy atom. The Bertz CT molecular complexity index is 323. The summed E-state index contributed by atoms with van der Waals surface area (Å²) in [6.45, 7) is 2.33. The fourth-order valence-corrected chi connectivity index (χ4v) is 1.94. The highest BCUT2D eigenvalue weighted by Gasteiger charge is 2.26. The predicted molar refractivity (Wildman–Crippen MR) is 52.4 cm³/mol. The van der Waals surface area contributed by atoms with E-state index in [9.17, 15) is 0 Å². The van der Waals surface area contributed by atoms with Gasteiger partial charge in [0.15, 0.2) is 0 Å². The van der Waals surface area contributed by atoms with Gasteiger partial charge in [0.1, 0.15) is 11.7 Å². The molecule has 70 valence electrons. The second kappa shape index (κ2) is 3.88. The van der Waals surface area contributed by atoms with E-state index in [1.54, 1.807) is 7.11 Å². The van der Waals surface area contributed by atoms with Crippen LogP contribution in [0, 0.1) is 11.3 Å². The van der Waals surface area contributed by atoms with Gasteiger partial charge in [0.25, 0.3) is 0 Å². The van der Waals surface area contributed by atoms with Crippen molar-refractivity contribution in [3.05, 3.63) is 21.9 Å². The molecule has 1 heterocycles. The number of hydrogen-bond donors (Lipinski definition) is 1. The van der Waals surface area contributed by atoms with Crippen molar-refractivity contribution in [1.82, 2.24) is 0 Å². The molecule has 0 saturated heterocycles. The molecule has 3 nitrogen and oxygen atoms in total. The van der Waals surface area contributed by atoms with Crippen LogP contribution in [0.25, 0.3) is 0 Å². The van der Waals surface area contributed by atoms with Gasteiger partial charge < -0.3 is 10.5 Å². The molecule has 1 atom stereocenters. The number of ether oxygens (including phenoxy) is 1. The number of nitrogens with two attached hydrogens (primary N) is 1. The molecule has 0 spiro atoms. The molecule has 4 heteroatoms. The zero-order valence-electron chi connectivity index (χ0n) is 7.70. The van der Waals surface area contributed by atoms with E-state index in [0.717, 1.165) is 4.88 Å². The van der Waals surface area contributed by atoms with Gasteiger partial charge in [0.2, 0.25) is 0 Å². The summed E-state index contributed by atoms with van der Waals surface area (Å²) in [4.78, 5) is 0.994. The predicted octanol–water partition coefficient (Wildman–Crippen LogP) is 1.44. The zero-order chi connectivity index (χ0) is 9.90. The second-order valence-electron chi connectivity index (χ2n) is 2.95. The van der Waals surface area contributed by atoms with Gasteiger partial charge in [-0.15, -0.1) is 11.3 Å². The molecule has 13 heavy (non-hydrogen) atoms. The van der Waals surface area contributed by atoms with E-state index in [4.69, 9.17) is 15.7 Å². The Balaban J connectivity index is 3.00. The Hall–Kier alpha value is -0.890. The van der Waals surface area contributed by atoms with Crippen LogP contribution in [-0.4, -0.2) is 13.7 Å². The monoisotopic (exact) mass is 196 g/mol. The maximum atomic E-state index is 8.65. The molecular weight excluding hydrogens is 184 g/mol. The van der Waals surface area contributed by atoms with Gasteiger partial charge in [-0.1, -0.05) is 0 Å². The minimum Gasteiger partial charge on any atom is -0.372 e. The Morgan fingerprint density at radius 3 is 2.85 bits per heavy atom. The summed E-state index contributed by atoms with van der Waals surface area (Å²) in [6, 6.07) is 3.90. The number of nitriles is 1. The van der Waals surface area contributed by atoms with Gasteiger partial charge in [-0.25, -0.2) is 0 Å². The number of thiophene rings is 1. The minimum absolute atomic E-state index is 0.412. The highest BCUT2D eigenvalue weighted by Crippen LogP contribution is 2.29. The van der Waals surface area contributed by atoms with E-state index < -0.39 is 5.60 Å². The van der Waals surface area contributed by atoms with Crippen LogP contribution in [0.1, 0.15) is 17.4 Å². The normalized spacial score (nSPS) is 14.9. The van der Waals surface area contributed by atoms with Crippen LogP contribution < -0.4 is 5.73 Å². The zero-order valence-corrected chi connectivity index (χ0v) is 8.52. The van der Waals surface area contributed by atoms with Crippen LogP contribution in [0.2, 0.25) is 0 Å². The van der Waals surface area contributed by atoms with Gasteiger partial charge >= 0.3 is 0 Å². The number of nitrogens with zero attached hydrogens (tertiary/aromatic N) is 1. The average molecular weight is 196 g/mol. The Labute approximate surface area is 81.7 Å². The number of rotatable bonds is 3. The SMILES string of the molecule is COC(C)(CN)c1cc(C#N)cs1. The summed E-state index contributed by atoms with van der Waals surface area (Å²) in [5, 5.41) is 10.5. The average Bonchev–Trinajstić information content (AvgIpc) is 2.65. The van der Waals surface area contributed by atoms with Crippen LogP contribution in [-0.2, 0) is 10.3 Å². The topological polar surface area (TPSA) is 59.0 Å². The third-order valence-corrected chi connectivity index (χ3v) is 3.27. The maximum Gasteiger partial charge on any atom is 0.111 e. The second-order valence-corrected chi connectivity index (χ2v) is 3.86. The molecule has 0 fully saturated rings. The van der Waals surface area contributed by atoms with E-state index in [1.165, 1.54) is 11.3 Å². The van der Waals surface area contributed by atoms with E-state index in [1.807, 2.05) is 18.4 Å². The molecule has 2 N–H and O–H groups in total. The standard InChI is InChI=1S/C9H12N2OS/c1-9(6-11,12-2)8-3-7(4-10)5-13-8/h3,5H,6,11H2,1-2H3. The highest BCUT2D eigenvalue weighted by molar-refractivity contribution is 7.10. The van der Waals surface area contributed by atoms with E-state index in [2.05, 4.69) is 6.07 Å². The lowest BCUT2D eigenvalue weighted by Gasteiger charge is -2.24. The fraction of sp³-hybridized carbons (Fsp3) is 0.444. The van der Waals surface area contributed by atoms with Gasteiger partial charge in [-0.2, -0.15) is 5.26 Å². The first-order chi connectivity index (χ1) is 6.16. The van der Waals surface area contributed by atoms with E-state index in [-0.39, 0.29) is 0 Å². The molecule has 1 aromatic heterocycles. The maximum absolute atomic E-state index is 8.65. The smallest absolute Gasteiger partial charge is 0.111 e. The fourth-order valence-electron chi connectivity index (χ4n) is 0.957.